The third kappa shape index (κ3) is 7.73. The molecule has 4 aromatic rings. The van der Waals surface area contributed by atoms with E-state index in [0.29, 0.717) is 17.9 Å². The average molecular weight is 590 g/mol. The molecule has 1 N–H and O–H groups in total. The number of nitrogens with one attached hydrogen (secondary N) is 1. The van der Waals surface area contributed by atoms with Crippen LogP contribution in [0, 0.1) is 11.3 Å². The van der Waals surface area contributed by atoms with Gasteiger partial charge >= 0.3 is 7.82 Å². The molecule has 218 valence electrons. The number of carbonyl (C=O) groups is 1. The molecule has 0 fully saturated rings. The smallest absolute Gasteiger partial charge is 0.321 e. The number of hydrogen-bond donors (Lipinski definition) is 1. The molecular formula is C29H32N7O5P. The number of likely N-dealkylation sites (N-methyl/N-ethyl adjacent to an activating group) is 1. The Labute approximate surface area is 244 Å². The predicted octanol–water partition coefficient (Wildman–Crippen LogP) is 5.24. The summed E-state index contributed by atoms with van der Waals surface area (Å²) in [7, 11) is 0.0653. The van der Waals surface area contributed by atoms with E-state index in [-0.39, 0.29) is 31.5 Å². The van der Waals surface area contributed by atoms with Gasteiger partial charge in [-0.3, -0.25) is 23.3 Å². The first-order valence-electron chi connectivity index (χ1n) is 13.2. The highest BCUT2D eigenvalue weighted by molar-refractivity contribution is 7.48. The largest absolute Gasteiger partial charge is 0.476 e. The number of phosphoric ester groups is 1. The van der Waals surface area contributed by atoms with Crippen molar-refractivity contribution in [1.29, 1.82) is 5.26 Å². The molecule has 0 atom stereocenters. The van der Waals surface area contributed by atoms with Gasteiger partial charge in [-0.2, -0.15) is 5.26 Å². The Hall–Kier alpha value is -4.24. The number of phosphoric acid groups is 1. The van der Waals surface area contributed by atoms with Crippen molar-refractivity contribution in [1.82, 2.24) is 24.4 Å². The summed E-state index contributed by atoms with van der Waals surface area (Å²) >= 11 is 0. The minimum Gasteiger partial charge on any atom is -0.321 e. The Balaban J connectivity index is 1.71. The Morgan fingerprint density at radius 3 is 2.55 bits per heavy atom. The van der Waals surface area contributed by atoms with Crippen LogP contribution in [0.5, 0.6) is 0 Å². The van der Waals surface area contributed by atoms with Crippen LogP contribution < -0.4 is 5.32 Å². The van der Waals surface area contributed by atoms with Gasteiger partial charge in [0.05, 0.1) is 25.1 Å². The molecule has 4 aromatic heterocycles. The third-order valence-corrected chi connectivity index (χ3v) is 7.49. The van der Waals surface area contributed by atoms with Gasteiger partial charge in [-0.1, -0.05) is 6.08 Å². The van der Waals surface area contributed by atoms with Gasteiger partial charge in [0.1, 0.15) is 24.1 Å². The molecule has 0 aliphatic heterocycles. The molecule has 4 heterocycles. The van der Waals surface area contributed by atoms with E-state index >= 15 is 0 Å². The maximum Gasteiger partial charge on any atom is 0.476 e. The molecule has 42 heavy (non-hydrogen) atoms. The average Bonchev–Trinajstić information content (AvgIpc) is 3.34. The zero-order valence-electron chi connectivity index (χ0n) is 23.9. The first-order valence-corrected chi connectivity index (χ1v) is 14.7. The maximum absolute atomic E-state index is 12.9. The van der Waals surface area contributed by atoms with E-state index in [9.17, 15) is 14.6 Å². The van der Waals surface area contributed by atoms with Gasteiger partial charge in [-0.25, -0.2) is 14.5 Å². The molecule has 0 saturated heterocycles. The van der Waals surface area contributed by atoms with Crippen molar-refractivity contribution in [3.63, 3.8) is 0 Å². The summed E-state index contributed by atoms with van der Waals surface area (Å²) in [6.07, 6.45) is 11.6. The Bertz CT molecular complexity index is 1670. The fourth-order valence-electron chi connectivity index (χ4n) is 4.10. The summed E-state index contributed by atoms with van der Waals surface area (Å²) < 4.78 is 30.8. The zero-order chi connectivity index (χ0) is 30.1. The summed E-state index contributed by atoms with van der Waals surface area (Å²) in [6, 6.07) is 9.29. The van der Waals surface area contributed by atoms with Crippen LogP contribution in [0.4, 0.5) is 5.69 Å². The van der Waals surface area contributed by atoms with Crippen molar-refractivity contribution in [2.24, 2.45) is 0 Å². The summed E-state index contributed by atoms with van der Waals surface area (Å²) in [5.41, 5.74) is 4.33. The van der Waals surface area contributed by atoms with Gasteiger partial charge in [-0.15, -0.1) is 0 Å². The van der Waals surface area contributed by atoms with Crippen molar-refractivity contribution >= 4 is 30.5 Å². The number of nitrogens with zero attached hydrogens (tertiary/aromatic N) is 6. The number of pyridine rings is 3. The zero-order valence-corrected chi connectivity index (χ0v) is 24.7. The number of fused-ring (bicyclic) bond motifs is 1. The first-order chi connectivity index (χ1) is 20.2. The number of rotatable bonds is 13. The molecule has 12 nitrogen and oxygen atoms in total. The number of nitriles is 1. The Morgan fingerprint density at radius 2 is 1.83 bits per heavy atom. The van der Waals surface area contributed by atoms with Crippen LogP contribution in [0.25, 0.3) is 33.3 Å². The van der Waals surface area contributed by atoms with Crippen molar-refractivity contribution in [2.45, 2.75) is 20.6 Å². The number of hydrogen-bond acceptors (Lipinski definition) is 10. The molecule has 0 spiro atoms. The molecule has 0 unspecified atom stereocenters. The lowest BCUT2D eigenvalue weighted by molar-refractivity contribution is -0.111. The summed E-state index contributed by atoms with van der Waals surface area (Å²) in [4.78, 5) is 27.4. The number of carbonyl (C=O) groups excluding carboxylic acids is 1. The molecule has 13 heteroatoms. The van der Waals surface area contributed by atoms with Crippen LogP contribution in [0.3, 0.4) is 0 Å². The van der Waals surface area contributed by atoms with E-state index in [1.165, 1.54) is 6.08 Å². The highest BCUT2D eigenvalue weighted by Crippen LogP contribution is 2.49. The Kier molecular flexibility index (Phi) is 10.3. The van der Waals surface area contributed by atoms with E-state index in [1.54, 1.807) is 67.6 Å². The molecule has 1 amide bonds. The van der Waals surface area contributed by atoms with Gasteiger partial charge in [0.15, 0.2) is 0 Å². The van der Waals surface area contributed by atoms with E-state index in [0.717, 1.165) is 27.6 Å². The fourth-order valence-corrected chi connectivity index (χ4v) is 5.22. The SMILES string of the molecule is CCOP(=O)(OCC)OCn1cc(-c2ccnc(C#N)c2)c2cc(-c3cncc(NC(=O)C=CCN(C)C)c3)cnc21. The van der Waals surface area contributed by atoms with Gasteiger partial charge in [0, 0.05) is 59.5 Å². The van der Waals surface area contributed by atoms with Crippen molar-refractivity contribution in [2.75, 3.05) is 39.2 Å². The highest BCUT2D eigenvalue weighted by Gasteiger charge is 2.26. The normalized spacial score (nSPS) is 11.8. The second-order valence-electron chi connectivity index (χ2n) is 9.31. The van der Waals surface area contributed by atoms with Crippen molar-refractivity contribution in [3.8, 4) is 28.3 Å². The molecule has 0 aromatic carbocycles. The van der Waals surface area contributed by atoms with Gasteiger partial charge in [0.25, 0.3) is 0 Å². The van der Waals surface area contributed by atoms with Crippen LogP contribution >= 0.6 is 7.82 Å². The monoisotopic (exact) mass is 589 g/mol. The first kappa shape index (κ1) is 30.7. The molecular weight excluding hydrogens is 557 g/mol. The van der Waals surface area contributed by atoms with Crippen LogP contribution in [0.15, 0.2) is 67.4 Å². The van der Waals surface area contributed by atoms with Crippen LogP contribution in [-0.2, 0) is 29.7 Å². The van der Waals surface area contributed by atoms with Crippen molar-refractivity contribution < 1.29 is 22.9 Å². The standard InChI is InChI=1S/C29H32N7O5P/c1-5-39-42(38,40-6-2)41-20-36-19-27(21-9-10-32-24(12-21)15-30)26-14-23(17-33-29(26)36)22-13-25(18-31-16-22)34-28(37)8-7-11-35(3)4/h7-10,12-14,16-19H,5-6,11,20H2,1-4H3,(H,34,37). The maximum atomic E-state index is 12.9. The summed E-state index contributed by atoms with van der Waals surface area (Å²) in [6.45, 7) is 4.21. The third-order valence-electron chi connectivity index (χ3n) is 5.91. The van der Waals surface area contributed by atoms with E-state index < -0.39 is 7.82 Å². The molecule has 0 radical (unpaired) electrons. The summed E-state index contributed by atoms with van der Waals surface area (Å²) in [5, 5.41) is 13.0. The van der Waals surface area contributed by atoms with Gasteiger partial charge in [0.2, 0.25) is 5.91 Å². The lowest BCUT2D eigenvalue weighted by atomic mass is 10.0. The number of anilines is 1. The molecule has 0 aliphatic carbocycles. The van der Waals surface area contributed by atoms with Crippen LogP contribution in [0.2, 0.25) is 0 Å². The molecule has 4 rings (SSSR count). The minimum absolute atomic E-state index is 0.152. The van der Waals surface area contributed by atoms with Gasteiger partial charge in [-0.05, 0) is 57.8 Å². The van der Waals surface area contributed by atoms with E-state index in [1.807, 2.05) is 31.1 Å². The molecule has 0 bridgehead atoms. The van der Waals surface area contributed by atoms with Crippen LogP contribution in [-0.4, -0.2) is 64.2 Å². The van der Waals surface area contributed by atoms with E-state index in [4.69, 9.17) is 13.6 Å². The van der Waals surface area contributed by atoms with Crippen molar-refractivity contribution in [3.05, 3.63) is 73.1 Å². The van der Waals surface area contributed by atoms with E-state index in [2.05, 4.69) is 26.3 Å². The topological polar surface area (TPSA) is 144 Å². The number of amides is 1. The van der Waals surface area contributed by atoms with Crippen LogP contribution in [0.1, 0.15) is 19.5 Å². The fraction of sp³-hybridized carbons (Fsp3) is 0.276. The second-order valence-corrected chi connectivity index (χ2v) is 11.0. The quantitative estimate of drug-likeness (QED) is 0.162. The highest BCUT2D eigenvalue weighted by atomic mass is 31.2. The predicted molar refractivity (Wildman–Crippen MR) is 159 cm³/mol. The second kappa shape index (κ2) is 14.1. The lowest BCUT2D eigenvalue weighted by Crippen LogP contribution is -2.13. The Morgan fingerprint density at radius 1 is 1.07 bits per heavy atom. The minimum atomic E-state index is -3.78. The van der Waals surface area contributed by atoms with Gasteiger partial charge < -0.3 is 14.8 Å². The summed E-state index contributed by atoms with van der Waals surface area (Å²) in [5.74, 6) is -0.258. The molecule has 0 aliphatic rings. The molecule has 0 saturated carbocycles. The lowest BCUT2D eigenvalue weighted by Gasteiger charge is -2.16. The number of aromatic nitrogens is 4.